The van der Waals surface area contributed by atoms with Crippen LogP contribution in [0.3, 0.4) is 0 Å². The highest BCUT2D eigenvalue weighted by atomic mass is 79.9. The second-order valence-corrected chi connectivity index (χ2v) is 7.89. The molecular formula is C17H30BrNO. The lowest BCUT2D eigenvalue weighted by Gasteiger charge is -2.38. The first-order valence-electron chi connectivity index (χ1n) is 8.46. The summed E-state index contributed by atoms with van der Waals surface area (Å²) in [6, 6.07) is 0.426. The Morgan fingerprint density at radius 2 is 1.90 bits per heavy atom. The van der Waals surface area contributed by atoms with Crippen LogP contribution in [-0.4, -0.2) is 28.7 Å². The van der Waals surface area contributed by atoms with Crippen LogP contribution in [0.15, 0.2) is 0 Å². The van der Waals surface area contributed by atoms with E-state index >= 15 is 0 Å². The van der Waals surface area contributed by atoms with Gasteiger partial charge in [0.05, 0.1) is 0 Å². The number of alkyl halides is 1. The Labute approximate surface area is 132 Å². The minimum atomic E-state index is -0.0288. The number of likely N-dealkylation sites (tertiary alicyclic amines) is 1. The van der Waals surface area contributed by atoms with Gasteiger partial charge in [-0.25, -0.2) is 0 Å². The fourth-order valence-electron chi connectivity index (χ4n) is 4.25. The normalized spacial score (nSPS) is 26.8. The molecular weight excluding hydrogens is 314 g/mol. The molecule has 0 aromatic heterocycles. The molecule has 1 aliphatic heterocycles. The highest BCUT2D eigenvalue weighted by molar-refractivity contribution is 9.09. The van der Waals surface area contributed by atoms with Crippen molar-refractivity contribution in [3.8, 4) is 0 Å². The fraction of sp³-hybridized carbons (Fsp3) is 0.941. The molecule has 0 aromatic carbocycles. The molecule has 0 radical (unpaired) electrons. The number of carbonyl (C=O) groups excluding carboxylic acids is 1. The summed E-state index contributed by atoms with van der Waals surface area (Å²) < 4.78 is 0. The minimum absolute atomic E-state index is 0.0288. The van der Waals surface area contributed by atoms with E-state index in [0.29, 0.717) is 17.9 Å². The molecule has 1 saturated heterocycles. The van der Waals surface area contributed by atoms with Crippen molar-refractivity contribution in [3.05, 3.63) is 0 Å². The van der Waals surface area contributed by atoms with Crippen molar-refractivity contribution in [1.82, 2.24) is 4.90 Å². The van der Waals surface area contributed by atoms with Gasteiger partial charge in [-0.2, -0.15) is 0 Å². The van der Waals surface area contributed by atoms with Crippen LogP contribution in [-0.2, 0) is 4.79 Å². The summed E-state index contributed by atoms with van der Waals surface area (Å²) in [5, 5.41) is 0.941. The molecule has 0 N–H and O–H groups in total. The van der Waals surface area contributed by atoms with Crippen LogP contribution in [0, 0.1) is 11.3 Å². The number of rotatable bonds is 4. The third-order valence-electron chi connectivity index (χ3n) is 5.13. The average molecular weight is 344 g/mol. The molecule has 1 atom stereocenters. The quantitative estimate of drug-likeness (QED) is 0.674. The van der Waals surface area contributed by atoms with Crippen molar-refractivity contribution in [2.75, 3.05) is 11.9 Å². The average Bonchev–Trinajstić information content (AvgIpc) is 2.75. The molecule has 1 heterocycles. The molecule has 0 spiro atoms. The van der Waals surface area contributed by atoms with Crippen molar-refractivity contribution in [2.45, 2.75) is 77.7 Å². The third kappa shape index (κ3) is 3.58. The van der Waals surface area contributed by atoms with Crippen molar-refractivity contribution >= 4 is 21.8 Å². The number of hydrogen-bond acceptors (Lipinski definition) is 1. The lowest BCUT2D eigenvalue weighted by atomic mass is 9.77. The first-order chi connectivity index (χ1) is 9.59. The first-order valence-corrected chi connectivity index (χ1v) is 9.58. The maximum Gasteiger partial charge on any atom is 0.229 e. The summed E-state index contributed by atoms with van der Waals surface area (Å²) >= 11 is 3.64. The van der Waals surface area contributed by atoms with Gasteiger partial charge in [0, 0.05) is 23.3 Å². The van der Waals surface area contributed by atoms with Gasteiger partial charge < -0.3 is 4.90 Å². The Balaban J connectivity index is 2.16. The van der Waals surface area contributed by atoms with E-state index in [0.717, 1.165) is 31.1 Å². The van der Waals surface area contributed by atoms with Crippen LogP contribution in [0.4, 0.5) is 0 Å². The molecule has 2 rings (SSSR count). The number of amides is 1. The molecule has 0 aromatic rings. The predicted octanol–water partition coefficient (Wildman–Crippen LogP) is 4.76. The van der Waals surface area contributed by atoms with Crippen LogP contribution >= 0.6 is 15.9 Å². The zero-order valence-electron chi connectivity index (χ0n) is 13.2. The van der Waals surface area contributed by atoms with Gasteiger partial charge in [-0.05, 0) is 38.0 Å². The van der Waals surface area contributed by atoms with Gasteiger partial charge in [0.15, 0.2) is 0 Å². The second kappa shape index (κ2) is 7.29. The van der Waals surface area contributed by atoms with Gasteiger partial charge in [0.25, 0.3) is 0 Å². The summed E-state index contributed by atoms with van der Waals surface area (Å²) in [6.45, 7) is 5.50. The van der Waals surface area contributed by atoms with Crippen LogP contribution in [0.2, 0.25) is 0 Å². The van der Waals surface area contributed by atoms with Gasteiger partial charge >= 0.3 is 0 Å². The molecule has 2 aliphatic rings. The lowest BCUT2D eigenvalue weighted by Crippen LogP contribution is -2.49. The smallest absolute Gasteiger partial charge is 0.229 e. The number of halogens is 1. The molecule has 2 nitrogen and oxygen atoms in total. The molecule has 0 bridgehead atoms. The maximum atomic E-state index is 13.3. The van der Waals surface area contributed by atoms with Crippen molar-refractivity contribution in [2.24, 2.45) is 11.3 Å². The monoisotopic (exact) mass is 343 g/mol. The summed E-state index contributed by atoms with van der Waals surface area (Å²) in [6.07, 6.45) is 10.7. The minimum Gasteiger partial charge on any atom is -0.338 e. The van der Waals surface area contributed by atoms with E-state index in [-0.39, 0.29) is 5.41 Å². The Kier molecular flexibility index (Phi) is 5.95. The van der Waals surface area contributed by atoms with Gasteiger partial charge in [0.2, 0.25) is 5.91 Å². The van der Waals surface area contributed by atoms with Crippen molar-refractivity contribution < 1.29 is 4.79 Å². The van der Waals surface area contributed by atoms with E-state index in [1.165, 1.54) is 38.5 Å². The van der Waals surface area contributed by atoms with Crippen LogP contribution in [0.25, 0.3) is 0 Å². The standard InChI is InChI=1S/C17H30BrNO/c1-14(2)12-17(9-5-6-10-17)16(20)19-11-7-3-4-8-15(19)13-18/h14-15H,3-13H2,1-2H3. The topological polar surface area (TPSA) is 20.3 Å². The zero-order chi connectivity index (χ0) is 14.6. The molecule has 1 aliphatic carbocycles. The lowest BCUT2D eigenvalue weighted by molar-refractivity contribution is -0.145. The van der Waals surface area contributed by atoms with Gasteiger partial charge in [-0.15, -0.1) is 0 Å². The maximum absolute atomic E-state index is 13.3. The Bertz CT molecular complexity index is 323. The van der Waals surface area contributed by atoms with Crippen LogP contribution in [0.5, 0.6) is 0 Å². The van der Waals surface area contributed by atoms with Gasteiger partial charge in [-0.3, -0.25) is 4.79 Å². The summed E-state index contributed by atoms with van der Waals surface area (Å²) in [5.74, 6) is 1.10. The Morgan fingerprint density at radius 1 is 1.20 bits per heavy atom. The first kappa shape index (κ1) is 16.3. The van der Waals surface area contributed by atoms with Crippen molar-refractivity contribution in [1.29, 1.82) is 0 Å². The molecule has 2 fully saturated rings. The fourth-order valence-corrected chi connectivity index (χ4v) is 4.92. The molecule has 1 unspecified atom stereocenters. The number of nitrogens with zero attached hydrogens (tertiary/aromatic N) is 1. The van der Waals surface area contributed by atoms with E-state index < -0.39 is 0 Å². The number of hydrogen-bond donors (Lipinski definition) is 0. The van der Waals surface area contributed by atoms with E-state index in [1.54, 1.807) is 0 Å². The van der Waals surface area contributed by atoms with Crippen LogP contribution < -0.4 is 0 Å². The van der Waals surface area contributed by atoms with Gasteiger partial charge in [-0.1, -0.05) is 55.5 Å². The van der Waals surface area contributed by atoms with E-state index in [9.17, 15) is 4.79 Å². The van der Waals surface area contributed by atoms with E-state index in [4.69, 9.17) is 0 Å². The summed E-state index contributed by atoms with van der Waals surface area (Å²) in [5.41, 5.74) is -0.0288. The van der Waals surface area contributed by atoms with Crippen molar-refractivity contribution in [3.63, 3.8) is 0 Å². The summed E-state index contributed by atoms with van der Waals surface area (Å²) in [4.78, 5) is 15.5. The van der Waals surface area contributed by atoms with Crippen LogP contribution in [0.1, 0.15) is 71.6 Å². The zero-order valence-corrected chi connectivity index (χ0v) is 14.8. The molecule has 1 saturated carbocycles. The highest BCUT2D eigenvalue weighted by Gasteiger charge is 2.44. The van der Waals surface area contributed by atoms with Gasteiger partial charge in [0.1, 0.15) is 0 Å². The SMILES string of the molecule is CC(C)CC1(C(=O)N2CCCCCC2CBr)CCCC1. The molecule has 20 heavy (non-hydrogen) atoms. The highest BCUT2D eigenvalue weighted by Crippen LogP contribution is 2.45. The van der Waals surface area contributed by atoms with E-state index in [2.05, 4.69) is 34.7 Å². The Hall–Kier alpha value is -0.0500. The largest absolute Gasteiger partial charge is 0.338 e. The second-order valence-electron chi connectivity index (χ2n) is 7.24. The predicted molar refractivity (Wildman–Crippen MR) is 88.1 cm³/mol. The molecule has 3 heteroatoms. The Morgan fingerprint density at radius 3 is 2.50 bits per heavy atom. The molecule has 116 valence electrons. The third-order valence-corrected chi connectivity index (χ3v) is 5.88. The van der Waals surface area contributed by atoms with E-state index in [1.807, 2.05) is 0 Å². The summed E-state index contributed by atoms with van der Waals surface area (Å²) in [7, 11) is 0. The molecule has 1 amide bonds. The number of carbonyl (C=O) groups is 1.